The highest BCUT2D eigenvalue weighted by molar-refractivity contribution is 5.66. The van der Waals surface area contributed by atoms with E-state index in [1.807, 2.05) is 37.3 Å². The van der Waals surface area contributed by atoms with Gasteiger partial charge in [-0.25, -0.2) is 4.98 Å². The minimum atomic E-state index is -0.0548. The lowest BCUT2D eigenvalue weighted by atomic mass is 10.1. The molecule has 3 heteroatoms. The summed E-state index contributed by atoms with van der Waals surface area (Å²) in [6, 6.07) is 12.9. The van der Waals surface area contributed by atoms with Crippen molar-refractivity contribution in [2.75, 3.05) is 7.11 Å². The topological polar surface area (TPSA) is 42.4 Å². The molecule has 0 radical (unpaired) electrons. The van der Waals surface area contributed by atoms with Gasteiger partial charge in [-0.05, 0) is 31.2 Å². The van der Waals surface area contributed by atoms with E-state index in [0.717, 1.165) is 17.0 Å². The van der Waals surface area contributed by atoms with Gasteiger partial charge in [0.25, 0.3) is 0 Å². The van der Waals surface area contributed by atoms with Crippen LogP contribution in [0.1, 0.15) is 18.7 Å². The maximum absolute atomic E-state index is 9.78. The van der Waals surface area contributed by atoms with Gasteiger partial charge in [0.15, 0.2) is 0 Å². The van der Waals surface area contributed by atoms with Crippen molar-refractivity contribution in [3.63, 3.8) is 0 Å². The lowest BCUT2D eigenvalue weighted by Gasteiger charge is -2.10. The van der Waals surface area contributed by atoms with Crippen molar-refractivity contribution in [2.45, 2.75) is 13.0 Å². The van der Waals surface area contributed by atoms with E-state index < -0.39 is 0 Å². The third-order valence-corrected chi connectivity index (χ3v) is 2.72. The van der Waals surface area contributed by atoms with Crippen LogP contribution in [0.4, 0.5) is 0 Å². The number of phenolic OH excluding ortho intramolecular Hbond substituents is 1. The molecule has 1 heterocycles. The second-order valence-corrected chi connectivity index (χ2v) is 3.84. The number of phenols is 1. The van der Waals surface area contributed by atoms with E-state index in [1.165, 1.54) is 0 Å². The van der Waals surface area contributed by atoms with Gasteiger partial charge in [0.1, 0.15) is 5.75 Å². The minimum Gasteiger partial charge on any atom is -0.507 e. The Bertz CT molecular complexity index is 511. The summed E-state index contributed by atoms with van der Waals surface area (Å²) >= 11 is 0. The highest BCUT2D eigenvalue weighted by Gasteiger charge is 2.09. The number of aromatic hydroxyl groups is 1. The Hall–Kier alpha value is -1.87. The first kappa shape index (κ1) is 11.6. The number of rotatable bonds is 3. The molecule has 1 aromatic heterocycles. The Morgan fingerprint density at radius 3 is 2.59 bits per heavy atom. The molecule has 1 aromatic carbocycles. The van der Waals surface area contributed by atoms with Crippen LogP contribution in [0.5, 0.6) is 5.75 Å². The van der Waals surface area contributed by atoms with E-state index >= 15 is 0 Å². The molecule has 3 nitrogen and oxygen atoms in total. The number of ether oxygens (including phenoxy) is 1. The van der Waals surface area contributed by atoms with Crippen LogP contribution in [0.2, 0.25) is 0 Å². The summed E-state index contributed by atoms with van der Waals surface area (Å²) in [5, 5.41) is 9.78. The Morgan fingerprint density at radius 2 is 1.88 bits per heavy atom. The predicted octanol–water partition coefficient (Wildman–Crippen LogP) is 3.16. The Balaban J connectivity index is 2.43. The van der Waals surface area contributed by atoms with Crippen LogP contribution in [0.15, 0.2) is 42.5 Å². The van der Waals surface area contributed by atoms with E-state index in [-0.39, 0.29) is 11.9 Å². The van der Waals surface area contributed by atoms with E-state index in [4.69, 9.17) is 4.74 Å². The molecule has 1 atom stereocenters. The quantitative estimate of drug-likeness (QED) is 0.879. The molecule has 2 rings (SSSR count). The van der Waals surface area contributed by atoms with Crippen molar-refractivity contribution in [2.24, 2.45) is 0 Å². The van der Waals surface area contributed by atoms with E-state index in [2.05, 4.69) is 4.98 Å². The van der Waals surface area contributed by atoms with Crippen LogP contribution in [0.25, 0.3) is 11.3 Å². The first-order valence-corrected chi connectivity index (χ1v) is 5.50. The zero-order chi connectivity index (χ0) is 12.3. The Labute approximate surface area is 101 Å². The molecule has 0 saturated heterocycles. The number of methoxy groups -OCH3 is 1. The van der Waals surface area contributed by atoms with Crippen LogP contribution in [0, 0.1) is 0 Å². The zero-order valence-electron chi connectivity index (χ0n) is 9.92. The standard InChI is InChI=1S/C14H15NO2/c1-10(17-2)12-7-5-8-13(15-12)11-6-3-4-9-14(11)16/h3-10,16H,1-2H3. The number of aromatic nitrogens is 1. The van der Waals surface area contributed by atoms with Crippen molar-refractivity contribution in [1.82, 2.24) is 4.98 Å². The van der Waals surface area contributed by atoms with Crippen LogP contribution in [0.3, 0.4) is 0 Å². The lowest BCUT2D eigenvalue weighted by Crippen LogP contribution is -1.99. The number of hydrogen-bond acceptors (Lipinski definition) is 3. The van der Waals surface area contributed by atoms with Gasteiger partial charge < -0.3 is 9.84 Å². The third kappa shape index (κ3) is 2.45. The van der Waals surface area contributed by atoms with E-state index in [1.54, 1.807) is 19.2 Å². The van der Waals surface area contributed by atoms with E-state index in [0.29, 0.717) is 0 Å². The molecule has 88 valence electrons. The van der Waals surface area contributed by atoms with Crippen LogP contribution >= 0.6 is 0 Å². The molecule has 0 fully saturated rings. The van der Waals surface area contributed by atoms with Crippen molar-refractivity contribution in [3.8, 4) is 17.0 Å². The highest BCUT2D eigenvalue weighted by atomic mass is 16.5. The fourth-order valence-corrected chi connectivity index (χ4v) is 1.64. The number of hydrogen-bond donors (Lipinski definition) is 1. The summed E-state index contributed by atoms with van der Waals surface area (Å²) in [6.07, 6.45) is -0.0548. The number of para-hydroxylation sites is 1. The Morgan fingerprint density at radius 1 is 1.12 bits per heavy atom. The van der Waals surface area contributed by atoms with Gasteiger partial charge in [-0.2, -0.15) is 0 Å². The molecule has 0 saturated carbocycles. The monoisotopic (exact) mass is 229 g/mol. The summed E-state index contributed by atoms with van der Waals surface area (Å²) in [5.41, 5.74) is 2.34. The first-order chi connectivity index (χ1) is 8.22. The van der Waals surface area contributed by atoms with Gasteiger partial charge in [-0.3, -0.25) is 0 Å². The summed E-state index contributed by atoms with van der Waals surface area (Å²) in [5.74, 6) is 0.238. The average Bonchev–Trinajstić information content (AvgIpc) is 2.38. The summed E-state index contributed by atoms with van der Waals surface area (Å²) in [7, 11) is 1.65. The largest absolute Gasteiger partial charge is 0.507 e. The smallest absolute Gasteiger partial charge is 0.124 e. The SMILES string of the molecule is COC(C)c1cccc(-c2ccccc2O)n1. The molecular weight excluding hydrogens is 214 g/mol. The van der Waals surface area contributed by atoms with Crippen LogP contribution in [-0.4, -0.2) is 17.2 Å². The van der Waals surface area contributed by atoms with Crippen LogP contribution < -0.4 is 0 Å². The molecule has 0 spiro atoms. The highest BCUT2D eigenvalue weighted by Crippen LogP contribution is 2.28. The fourth-order valence-electron chi connectivity index (χ4n) is 1.64. The van der Waals surface area contributed by atoms with Crippen LogP contribution in [-0.2, 0) is 4.74 Å². The number of pyridine rings is 1. The number of benzene rings is 1. The maximum atomic E-state index is 9.78. The van der Waals surface area contributed by atoms with Crippen molar-refractivity contribution in [1.29, 1.82) is 0 Å². The molecule has 0 aliphatic rings. The van der Waals surface area contributed by atoms with Crippen molar-refractivity contribution < 1.29 is 9.84 Å². The predicted molar refractivity (Wildman–Crippen MR) is 66.8 cm³/mol. The molecule has 0 bridgehead atoms. The van der Waals surface area contributed by atoms with Gasteiger partial charge in [0.05, 0.1) is 17.5 Å². The summed E-state index contributed by atoms with van der Waals surface area (Å²) in [4.78, 5) is 4.49. The summed E-state index contributed by atoms with van der Waals surface area (Å²) < 4.78 is 5.23. The molecule has 0 aliphatic carbocycles. The van der Waals surface area contributed by atoms with Crippen molar-refractivity contribution in [3.05, 3.63) is 48.2 Å². The Kier molecular flexibility index (Phi) is 3.40. The van der Waals surface area contributed by atoms with Gasteiger partial charge in [0, 0.05) is 12.7 Å². The van der Waals surface area contributed by atoms with Gasteiger partial charge in [0.2, 0.25) is 0 Å². The maximum Gasteiger partial charge on any atom is 0.124 e. The molecule has 1 N–H and O–H groups in total. The normalized spacial score (nSPS) is 12.4. The lowest BCUT2D eigenvalue weighted by molar-refractivity contribution is 0.116. The van der Waals surface area contributed by atoms with Gasteiger partial charge >= 0.3 is 0 Å². The van der Waals surface area contributed by atoms with Gasteiger partial charge in [-0.15, -0.1) is 0 Å². The molecule has 17 heavy (non-hydrogen) atoms. The average molecular weight is 229 g/mol. The number of nitrogens with zero attached hydrogens (tertiary/aromatic N) is 1. The molecule has 2 aromatic rings. The summed E-state index contributed by atoms with van der Waals surface area (Å²) in [6.45, 7) is 1.94. The zero-order valence-corrected chi connectivity index (χ0v) is 9.92. The van der Waals surface area contributed by atoms with E-state index in [9.17, 15) is 5.11 Å². The molecular formula is C14H15NO2. The molecule has 0 aliphatic heterocycles. The first-order valence-electron chi connectivity index (χ1n) is 5.50. The fraction of sp³-hybridized carbons (Fsp3) is 0.214. The minimum absolute atomic E-state index is 0.0548. The van der Waals surface area contributed by atoms with Crippen molar-refractivity contribution >= 4 is 0 Å². The molecule has 1 unspecified atom stereocenters. The van der Waals surface area contributed by atoms with Gasteiger partial charge in [-0.1, -0.05) is 18.2 Å². The second-order valence-electron chi connectivity index (χ2n) is 3.84. The molecule has 0 amide bonds. The third-order valence-electron chi connectivity index (χ3n) is 2.72. The second kappa shape index (κ2) is 4.97.